The highest BCUT2D eigenvalue weighted by Crippen LogP contribution is 2.59. The van der Waals surface area contributed by atoms with E-state index in [4.69, 9.17) is 0 Å². The molecule has 1 atom stereocenters. The fourth-order valence-corrected chi connectivity index (χ4v) is 5.68. The van der Waals surface area contributed by atoms with Crippen molar-refractivity contribution in [3.63, 3.8) is 0 Å². The van der Waals surface area contributed by atoms with Crippen molar-refractivity contribution in [2.75, 3.05) is 11.5 Å². The average molecular weight is 373 g/mol. The second kappa shape index (κ2) is 6.23. The number of hydrogen-bond acceptors (Lipinski definition) is 4. The summed E-state index contributed by atoms with van der Waals surface area (Å²) in [6.45, 7) is 0.467. The van der Waals surface area contributed by atoms with Crippen LogP contribution in [0.1, 0.15) is 24.8 Å². The molecule has 4 rings (SSSR count). The van der Waals surface area contributed by atoms with E-state index in [1.807, 2.05) is 43.7 Å². The van der Waals surface area contributed by atoms with Crippen LogP contribution in [-0.4, -0.2) is 35.6 Å². The van der Waals surface area contributed by atoms with E-state index in [0.717, 1.165) is 23.1 Å². The lowest BCUT2D eigenvalue weighted by molar-refractivity contribution is -0.123. The third kappa shape index (κ3) is 3.28. The molecule has 1 aliphatic carbocycles. The minimum absolute atomic E-state index is 0.0384. The van der Waals surface area contributed by atoms with Crippen molar-refractivity contribution in [2.24, 2.45) is 18.4 Å². The Bertz CT molecular complexity index is 934. The van der Waals surface area contributed by atoms with Crippen LogP contribution in [0, 0.1) is 11.3 Å². The fourth-order valence-electron chi connectivity index (χ4n) is 4.04. The molecule has 1 saturated carbocycles. The first-order chi connectivity index (χ1) is 12.4. The van der Waals surface area contributed by atoms with E-state index < -0.39 is 9.84 Å². The summed E-state index contributed by atoms with van der Waals surface area (Å²) in [6, 6.07) is 7.99. The minimum atomic E-state index is -2.89. The summed E-state index contributed by atoms with van der Waals surface area (Å²) < 4.78 is 25.0. The predicted molar refractivity (Wildman–Crippen MR) is 98.9 cm³/mol. The monoisotopic (exact) mass is 373 g/mol. The van der Waals surface area contributed by atoms with Gasteiger partial charge in [-0.05, 0) is 35.8 Å². The second-order valence-corrected chi connectivity index (χ2v) is 9.85. The first kappa shape index (κ1) is 17.3. The molecule has 6 nitrogen and oxygen atoms in total. The zero-order chi connectivity index (χ0) is 18.4. The number of carbonyl (C=O) groups is 1. The van der Waals surface area contributed by atoms with E-state index in [0.29, 0.717) is 19.4 Å². The molecule has 2 aliphatic rings. The normalized spacial score (nSPS) is 22.9. The number of benzene rings is 1. The first-order valence-corrected chi connectivity index (χ1v) is 10.8. The maximum atomic E-state index is 12.6. The third-order valence-corrected chi connectivity index (χ3v) is 7.47. The topological polar surface area (TPSA) is 81.1 Å². The Hall–Kier alpha value is -2.15. The smallest absolute Gasteiger partial charge is 0.223 e. The fraction of sp³-hybridized carbons (Fsp3) is 0.474. The Kier molecular flexibility index (Phi) is 4.14. The molecule has 1 spiro atoms. The molecule has 2 aromatic rings. The molecular formula is C19H23N3O3S. The van der Waals surface area contributed by atoms with Gasteiger partial charge in [-0.1, -0.05) is 24.3 Å². The summed E-state index contributed by atoms with van der Waals surface area (Å²) >= 11 is 0. The van der Waals surface area contributed by atoms with E-state index in [9.17, 15) is 13.2 Å². The Morgan fingerprint density at radius 3 is 2.73 bits per heavy atom. The van der Waals surface area contributed by atoms with Crippen LogP contribution in [0.5, 0.6) is 0 Å². The number of aryl methyl sites for hydroxylation is 1. The van der Waals surface area contributed by atoms with Gasteiger partial charge in [-0.3, -0.25) is 9.48 Å². The molecule has 1 saturated heterocycles. The second-order valence-electron chi connectivity index (χ2n) is 7.55. The van der Waals surface area contributed by atoms with Gasteiger partial charge >= 0.3 is 0 Å². The van der Waals surface area contributed by atoms with Crippen molar-refractivity contribution in [2.45, 2.75) is 25.8 Å². The maximum absolute atomic E-state index is 12.6. The van der Waals surface area contributed by atoms with Crippen LogP contribution in [0.25, 0.3) is 11.1 Å². The minimum Gasteiger partial charge on any atom is -0.352 e. The van der Waals surface area contributed by atoms with E-state index in [2.05, 4.69) is 10.4 Å². The zero-order valence-corrected chi connectivity index (χ0v) is 15.6. The van der Waals surface area contributed by atoms with Gasteiger partial charge < -0.3 is 5.32 Å². The van der Waals surface area contributed by atoms with Gasteiger partial charge in [0.2, 0.25) is 5.91 Å². The number of aromatic nitrogens is 2. The first-order valence-electron chi connectivity index (χ1n) is 8.94. The van der Waals surface area contributed by atoms with Gasteiger partial charge in [0.25, 0.3) is 0 Å². The molecule has 1 aromatic heterocycles. The molecule has 0 radical (unpaired) electrons. The average Bonchev–Trinajstić information content (AvgIpc) is 3.18. The summed E-state index contributed by atoms with van der Waals surface area (Å²) in [6.07, 6.45) is 5.84. The van der Waals surface area contributed by atoms with Crippen LogP contribution in [0.15, 0.2) is 36.7 Å². The standard InChI is InChI=1S/C19H23N3O3S/c1-22-13-15(12-21-22)16-5-3-2-4-14(16)11-20-18(23)17-10-19(17)6-8-26(24,25)9-7-19/h2-5,12-13,17H,6-11H2,1H3,(H,20,23). The molecule has 138 valence electrons. The Morgan fingerprint density at radius 2 is 2.04 bits per heavy atom. The molecule has 2 heterocycles. The number of hydrogen-bond donors (Lipinski definition) is 1. The van der Waals surface area contributed by atoms with Crippen molar-refractivity contribution in [3.05, 3.63) is 42.2 Å². The molecule has 1 N–H and O–H groups in total. The van der Waals surface area contributed by atoms with E-state index in [-0.39, 0.29) is 28.7 Å². The molecule has 7 heteroatoms. The van der Waals surface area contributed by atoms with Gasteiger partial charge in [0.1, 0.15) is 9.84 Å². The molecular weight excluding hydrogens is 350 g/mol. The predicted octanol–water partition coefficient (Wildman–Crippen LogP) is 1.92. The van der Waals surface area contributed by atoms with Gasteiger partial charge in [-0.15, -0.1) is 0 Å². The van der Waals surface area contributed by atoms with Crippen molar-refractivity contribution in [1.29, 1.82) is 0 Å². The number of sulfone groups is 1. The summed E-state index contributed by atoms with van der Waals surface area (Å²) in [4.78, 5) is 12.6. The van der Waals surface area contributed by atoms with Gasteiger partial charge in [0, 0.05) is 31.3 Å². The zero-order valence-electron chi connectivity index (χ0n) is 14.8. The van der Waals surface area contributed by atoms with Gasteiger partial charge in [-0.25, -0.2) is 8.42 Å². The van der Waals surface area contributed by atoms with Gasteiger partial charge in [0.05, 0.1) is 17.7 Å². The lowest BCUT2D eigenvalue weighted by Crippen LogP contribution is -2.31. The van der Waals surface area contributed by atoms with Crippen LogP contribution in [-0.2, 0) is 28.2 Å². The molecule has 1 amide bonds. The van der Waals surface area contributed by atoms with Crippen molar-refractivity contribution in [3.8, 4) is 11.1 Å². The molecule has 1 unspecified atom stereocenters. The van der Waals surface area contributed by atoms with Crippen LogP contribution >= 0.6 is 0 Å². The van der Waals surface area contributed by atoms with Crippen LogP contribution in [0.2, 0.25) is 0 Å². The van der Waals surface area contributed by atoms with Gasteiger partial charge in [0.15, 0.2) is 0 Å². The quantitative estimate of drug-likeness (QED) is 0.888. The van der Waals surface area contributed by atoms with Crippen LogP contribution in [0.4, 0.5) is 0 Å². The van der Waals surface area contributed by atoms with E-state index in [1.165, 1.54) is 0 Å². The Morgan fingerprint density at radius 1 is 1.31 bits per heavy atom. The molecule has 1 aliphatic heterocycles. The van der Waals surface area contributed by atoms with Crippen molar-refractivity contribution in [1.82, 2.24) is 15.1 Å². The Balaban J connectivity index is 1.41. The van der Waals surface area contributed by atoms with Gasteiger partial charge in [-0.2, -0.15) is 5.10 Å². The van der Waals surface area contributed by atoms with E-state index in [1.54, 1.807) is 4.68 Å². The summed E-state index contributed by atoms with van der Waals surface area (Å²) in [5, 5.41) is 7.27. The number of nitrogens with zero attached hydrogens (tertiary/aromatic N) is 2. The number of nitrogens with one attached hydrogen (secondary N) is 1. The van der Waals surface area contributed by atoms with Crippen molar-refractivity contribution < 1.29 is 13.2 Å². The number of amides is 1. The number of rotatable bonds is 4. The van der Waals surface area contributed by atoms with Crippen LogP contribution < -0.4 is 5.32 Å². The lowest BCUT2D eigenvalue weighted by Gasteiger charge is -2.22. The van der Waals surface area contributed by atoms with Crippen LogP contribution in [0.3, 0.4) is 0 Å². The highest BCUT2D eigenvalue weighted by atomic mass is 32.2. The maximum Gasteiger partial charge on any atom is 0.223 e. The Labute approximate surface area is 153 Å². The molecule has 26 heavy (non-hydrogen) atoms. The third-order valence-electron chi connectivity index (χ3n) is 5.81. The highest BCUT2D eigenvalue weighted by molar-refractivity contribution is 7.91. The lowest BCUT2D eigenvalue weighted by atomic mass is 9.96. The highest BCUT2D eigenvalue weighted by Gasteiger charge is 2.59. The molecule has 2 fully saturated rings. The SMILES string of the molecule is Cn1cc(-c2ccccc2CNC(=O)C2CC23CCS(=O)(=O)CC3)cn1. The van der Waals surface area contributed by atoms with Crippen molar-refractivity contribution >= 4 is 15.7 Å². The van der Waals surface area contributed by atoms with E-state index >= 15 is 0 Å². The number of carbonyl (C=O) groups excluding carboxylic acids is 1. The summed E-state index contributed by atoms with van der Waals surface area (Å²) in [5.41, 5.74) is 3.07. The largest absolute Gasteiger partial charge is 0.352 e. The molecule has 1 aromatic carbocycles. The summed E-state index contributed by atoms with van der Waals surface area (Å²) in [7, 11) is -1.01. The molecule has 0 bridgehead atoms. The summed E-state index contributed by atoms with van der Waals surface area (Å²) in [5.74, 6) is 0.454.